The van der Waals surface area contributed by atoms with E-state index < -0.39 is 11.7 Å². The highest BCUT2D eigenvalue weighted by molar-refractivity contribution is 5.89. The molecule has 162 valence electrons. The lowest BCUT2D eigenvalue weighted by molar-refractivity contribution is -0.137. The van der Waals surface area contributed by atoms with Gasteiger partial charge in [-0.25, -0.2) is 4.79 Å². The van der Waals surface area contributed by atoms with E-state index in [1.165, 1.54) is 12.1 Å². The van der Waals surface area contributed by atoms with Gasteiger partial charge in [-0.05, 0) is 53.9 Å². The first-order chi connectivity index (χ1) is 14.8. The third-order valence-corrected chi connectivity index (χ3v) is 4.80. The molecule has 0 saturated carbocycles. The Morgan fingerprint density at radius 3 is 2.13 bits per heavy atom. The van der Waals surface area contributed by atoms with Gasteiger partial charge in [0.15, 0.2) is 0 Å². The molecule has 1 N–H and O–H groups in total. The molecule has 0 saturated heterocycles. The van der Waals surface area contributed by atoms with Gasteiger partial charge in [-0.1, -0.05) is 42.5 Å². The number of alkyl halides is 3. The van der Waals surface area contributed by atoms with Gasteiger partial charge >= 0.3 is 12.2 Å². The predicted octanol–water partition coefficient (Wildman–Crippen LogP) is 5.99. The van der Waals surface area contributed by atoms with E-state index in [0.717, 1.165) is 17.7 Å². The third-order valence-electron chi connectivity index (χ3n) is 4.80. The van der Waals surface area contributed by atoms with Crippen LogP contribution in [-0.2, 0) is 19.1 Å². The van der Waals surface area contributed by atoms with E-state index in [-0.39, 0.29) is 12.6 Å². The normalized spacial score (nSPS) is 11.1. The van der Waals surface area contributed by atoms with Gasteiger partial charge in [-0.2, -0.15) is 13.2 Å². The predicted molar refractivity (Wildman–Crippen MR) is 114 cm³/mol. The fraction of sp³-hybridized carbons (Fsp3) is 0.208. The van der Waals surface area contributed by atoms with Crippen LogP contribution in [0.5, 0.6) is 5.75 Å². The molecular weight excluding hydrogens is 405 g/mol. The Morgan fingerprint density at radius 1 is 0.903 bits per heavy atom. The lowest BCUT2D eigenvalue weighted by atomic mass is 10.1. The number of hydrogen-bond donors (Lipinski definition) is 1. The molecule has 0 bridgehead atoms. The van der Waals surface area contributed by atoms with Crippen molar-refractivity contribution in [2.24, 2.45) is 0 Å². The van der Waals surface area contributed by atoms with Crippen molar-refractivity contribution in [1.82, 2.24) is 4.90 Å². The summed E-state index contributed by atoms with van der Waals surface area (Å²) in [6, 6.07) is 21.2. The minimum absolute atomic E-state index is 0.187. The van der Waals surface area contributed by atoms with Crippen LogP contribution in [-0.4, -0.2) is 24.6 Å². The molecule has 2 amide bonds. The minimum atomic E-state index is -4.39. The Bertz CT molecular complexity index is 972. The van der Waals surface area contributed by atoms with Crippen molar-refractivity contribution >= 4 is 11.7 Å². The fourth-order valence-corrected chi connectivity index (χ4v) is 3.06. The molecule has 0 aromatic heterocycles. The fourth-order valence-electron chi connectivity index (χ4n) is 3.06. The van der Waals surface area contributed by atoms with Crippen LogP contribution in [0.15, 0.2) is 78.9 Å². The molecule has 0 heterocycles. The van der Waals surface area contributed by atoms with E-state index in [4.69, 9.17) is 4.74 Å². The summed E-state index contributed by atoms with van der Waals surface area (Å²) >= 11 is 0. The van der Waals surface area contributed by atoms with Gasteiger partial charge < -0.3 is 15.0 Å². The van der Waals surface area contributed by atoms with E-state index in [0.29, 0.717) is 30.0 Å². The van der Waals surface area contributed by atoms with E-state index in [1.54, 1.807) is 36.3 Å². The van der Waals surface area contributed by atoms with Gasteiger partial charge in [-0.3, -0.25) is 0 Å². The summed E-state index contributed by atoms with van der Waals surface area (Å²) < 4.78 is 43.6. The van der Waals surface area contributed by atoms with Crippen LogP contribution in [0.3, 0.4) is 0 Å². The van der Waals surface area contributed by atoms with Crippen LogP contribution < -0.4 is 10.1 Å². The van der Waals surface area contributed by atoms with Crippen LogP contribution in [0.1, 0.15) is 16.7 Å². The summed E-state index contributed by atoms with van der Waals surface area (Å²) in [6.07, 6.45) is -3.77. The van der Waals surface area contributed by atoms with Crippen molar-refractivity contribution < 1.29 is 22.7 Å². The second kappa shape index (κ2) is 10.0. The van der Waals surface area contributed by atoms with Gasteiger partial charge in [0.25, 0.3) is 0 Å². The highest BCUT2D eigenvalue weighted by Gasteiger charge is 2.30. The van der Waals surface area contributed by atoms with Crippen molar-refractivity contribution in [3.63, 3.8) is 0 Å². The molecule has 0 spiro atoms. The van der Waals surface area contributed by atoms with Crippen LogP contribution in [0.2, 0.25) is 0 Å². The maximum Gasteiger partial charge on any atom is 0.416 e. The van der Waals surface area contributed by atoms with E-state index >= 15 is 0 Å². The van der Waals surface area contributed by atoms with E-state index in [1.807, 2.05) is 30.3 Å². The van der Waals surface area contributed by atoms with Crippen LogP contribution in [0, 0.1) is 0 Å². The summed E-state index contributed by atoms with van der Waals surface area (Å²) in [6.45, 7) is 0.597. The lowest BCUT2D eigenvalue weighted by Crippen LogP contribution is -2.36. The number of amides is 2. The second-order valence-corrected chi connectivity index (χ2v) is 7.01. The number of rotatable bonds is 7. The zero-order valence-corrected chi connectivity index (χ0v) is 17.0. The van der Waals surface area contributed by atoms with Crippen LogP contribution in [0.4, 0.5) is 23.7 Å². The molecule has 3 rings (SSSR count). The maximum absolute atomic E-state index is 12.9. The number of nitrogens with one attached hydrogen (secondary N) is 1. The smallest absolute Gasteiger partial charge is 0.416 e. The molecule has 0 fully saturated rings. The summed E-state index contributed by atoms with van der Waals surface area (Å²) in [5.74, 6) is 0.670. The number of carbonyl (C=O) groups excluding carboxylic acids is 1. The summed E-state index contributed by atoms with van der Waals surface area (Å²) in [5.41, 5.74) is 1.57. The number of hydrogen-bond acceptors (Lipinski definition) is 2. The Morgan fingerprint density at radius 2 is 1.55 bits per heavy atom. The van der Waals surface area contributed by atoms with Crippen molar-refractivity contribution in [1.29, 1.82) is 0 Å². The number of ether oxygens (including phenoxy) is 1. The Kier molecular flexibility index (Phi) is 7.18. The molecule has 3 aromatic carbocycles. The molecule has 0 radical (unpaired) electrons. The van der Waals surface area contributed by atoms with Gasteiger partial charge in [0, 0.05) is 18.8 Å². The molecule has 0 aliphatic heterocycles. The first kappa shape index (κ1) is 22.2. The lowest BCUT2D eigenvalue weighted by Gasteiger charge is -2.24. The van der Waals surface area contributed by atoms with Crippen molar-refractivity contribution in [2.75, 3.05) is 19.0 Å². The van der Waals surface area contributed by atoms with E-state index in [2.05, 4.69) is 5.32 Å². The number of carbonyl (C=O) groups is 1. The molecule has 0 aliphatic rings. The number of urea groups is 1. The van der Waals surface area contributed by atoms with E-state index in [9.17, 15) is 18.0 Å². The monoisotopic (exact) mass is 428 g/mol. The molecule has 0 aliphatic carbocycles. The summed E-state index contributed by atoms with van der Waals surface area (Å²) in [7, 11) is 1.56. The zero-order chi connectivity index (χ0) is 22.3. The molecule has 0 unspecified atom stereocenters. The standard InChI is InChI=1S/C24H23F3N2O2/c1-31-22-13-11-21(12-14-22)28-23(30)29(16-15-18-5-3-2-4-6-18)17-19-7-9-20(10-8-19)24(25,26)27/h2-14H,15-17H2,1H3,(H,28,30). The largest absolute Gasteiger partial charge is 0.497 e. The molecule has 7 heteroatoms. The third kappa shape index (κ3) is 6.50. The average Bonchev–Trinajstić information content (AvgIpc) is 2.77. The average molecular weight is 428 g/mol. The molecular formula is C24H23F3N2O2. The first-order valence-corrected chi connectivity index (χ1v) is 9.75. The van der Waals surface area contributed by atoms with Gasteiger partial charge in [-0.15, -0.1) is 0 Å². The van der Waals surface area contributed by atoms with Crippen molar-refractivity contribution in [3.05, 3.63) is 95.6 Å². The zero-order valence-electron chi connectivity index (χ0n) is 17.0. The number of benzene rings is 3. The number of halogens is 3. The molecule has 31 heavy (non-hydrogen) atoms. The number of nitrogens with zero attached hydrogens (tertiary/aromatic N) is 1. The highest BCUT2D eigenvalue weighted by atomic mass is 19.4. The Labute approximate surface area is 179 Å². The van der Waals surface area contributed by atoms with Crippen molar-refractivity contribution in [2.45, 2.75) is 19.1 Å². The molecule has 4 nitrogen and oxygen atoms in total. The van der Waals surface area contributed by atoms with Crippen molar-refractivity contribution in [3.8, 4) is 5.75 Å². The van der Waals surface area contributed by atoms with Gasteiger partial charge in [0.2, 0.25) is 0 Å². The number of methoxy groups -OCH3 is 1. The summed E-state index contributed by atoms with van der Waals surface area (Å²) in [5, 5.41) is 2.84. The maximum atomic E-state index is 12.9. The van der Waals surface area contributed by atoms with Gasteiger partial charge in [0.05, 0.1) is 12.7 Å². The highest BCUT2D eigenvalue weighted by Crippen LogP contribution is 2.29. The quantitative estimate of drug-likeness (QED) is 0.502. The second-order valence-electron chi connectivity index (χ2n) is 7.01. The first-order valence-electron chi connectivity index (χ1n) is 9.75. The number of anilines is 1. The van der Waals surface area contributed by atoms with Crippen LogP contribution >= 0.6 is 0 Å². The molecule has 3 aromatic rings. The molecule has 0 atom stereocenters. The Hall–Kier alpha value is -3.48. The summed E-state index contributed by atoms with van der Waals surface area (Å²) in [4.78, 5) is 14.5. The van der Waals surface area contributed by atoms with Gasteiger partial charge in [0.1, 0.15) is 5.75 Å². The van der Waals surface area contributed by atoms with Crippen LogP contribution in [0.25, 0.3) is 0 Å². The Balaban J connectivity index is 1.73. The topological polar surface area (TPSA) is 41.6 Å². The minimum Gasteiger partial charge on any atom is -0.497 e. The SMILES string of the molecule is COc1ccc(NC(=O)N(CCc2ccccc2)Cc2ccc(C(F)(F)F)cc2)cc1.